The summed E-state index contributed by atoms with van der Waals surface area (Å²) in [5, 5.41) is 6.98. The van der Waals surface area contributed by atoms with Crippen molar-refractivity contribution in [2.24, 2.45) is 5.92 Å². The molecule has 0 aromatic carbocycles. The fraction of sp³-hybridized carbons (Fsp3) is 0.571. The number of ether oxygens (including phenoxy) is 1. The molecule has 0 fully saturated rings. The van der Waals surface area contributed by atoms with Gasteiger partial charge in [0, 0.05) is 0 Å². The Morgan fingerprint density at radius 3 is 2.64 bits per heavy atom. The Labute approximate surface area is 65.1 Å². The molecular weight excluding hydrogens is 146 g/mol. The molecule has 0 spiro atoms. The molecule has 0 aromatic rings. The molecule has 1 unspecified atom stereocenters. The highest BCUT2D eigenvalue weighted by atomic mass is 16.5. The average Bonchev–Trinajstić information content (AvgIpc) is 2.02. The lowest BCUT2D eigenvalue weighted by Crippen LogP contribution is -2.23. The maximum atomic E-state index is 10.8. The van der Waals surface area contributed by atoms with Crippen LogP contribution in [0.3, 0.4) is 0 Å². The van der Waals surface area contributed by atoms with E-state index in [1.807, 2.05) is 0 Å². The van der Waals surface area contributed by atoms with Crippen LogP contribution in [0.2, 0.25) is 0 Å². The highest BCUT2D eigenvalue weighted by Crippen LogP contribution is 1.98. The summed E-state index contributed by atoms with van der Waals surface area (Å²) in [6.07, 6.45) is 0.349. The van der Waals surface area contributed by atoms with Crippen molar-refractivity contribution in [2.45, 2.75) is 13.8 Å². The van der Waals surface area contributed by atoms with E-state index in [1.165, 1.54) is 6.92 Å². The third-order valence-electron chi connectivity index (χ3n) is 1.23. The number of hydrogen-bond acceptors (Lipinski definition) is 4. The second-order valence-electron chi connectivity index (χ2n) is 2.05. The molecule has 1 atom stereocenters. The molecule has 0 aromatic heterocycles. The van der Waals surface area contributed by atoms with Crippen molar-refractivity contribution in [2.75, 3.05) is 6.61 Å². The van der Waals surface area contributed by atoms with Crippen LogP contribution in [0.4, 0.5) is 0 Å². The van der Waals surface area contributed by atoms with E-state index in [0.717, 1.165) is 0 Å². The summed E-state index contributed by atoms with van der Waals surface area (Å²) in [7, 11) is 0. The summed E-state index contributed by atoms with van der Waals surface area (Å²) >= 11 is 0. The minimum Gasteiger partial charge on any atom is -0.465 e. The minimum atomic E-state index is -0.743. The van der Waals surface area contributed by atoms with Crippen molar-refractivity contribution in [3.05, 3.63) is 0 Å². The first kappa shape index (κ1) is 9.81. The molecule has 0 heterocycles. The van der Waals surface area contributed by atoms with Gasteiger partial charge in [-0.15, -0.1) is 0 Å². The van der Waals surface area contributed by atoms with Crippen molar-refractivity contribution >= 4 is 18.0 Å². The Morgan fingerprint density at radius 1 is 1.73 bits per heavy atom. The van der Waals surface area contributed by atoms with E-state index < -0.39 is 11.9 Å². The molecule has 0 radical (unpaired) electrons. The van der Waals surface area contributed by atoms with Crippen LogP contribution in [0.5, 0.6) is 0 Å². The van der Waals surface area contributed by atoms with E-state index in [0.29, 0.717) is 6.29 Å². The lowest BCUT2D eigenvalue weighted by molar-refractivity contribution is -0.145. The summed E-state index contributed by atoms with van der Waals surface area (Å²) in [5.74, 6) is -1.27. The first-order valence-corrected chi connectivity index (χ1v) is 3.33. The van der Waals surface area contributed by atoms with Crippen molar-refractivity contribution < 1.29 is 14.3 Å². The highest BCUT2D eigenvalue weighted by molar-refractivity contribution is 6.31. The summed E-state index contributed by atoms with van der Waals surface area (Å²) < 4.78 is 4.59. The van der Waals surface area contributed by atoms with Crippen LogP contribution in [-0.2, 0) is 14.3 Å². The maximum absolute atomic E-state index is 10.8. The van der Waals surface area contributed by atoms with Gasteiger partial charge in [0.1, 0.15) is 0 Å². The van der Waals surface area contributed by atoms with Crippen molar-refractivity contribution in [3.8, 4) is 0 Å². The van der Waals surface area contributed by atoms with Crippen LogP contribution in [-0.4, -0.2) is 24.6 Å². The van der Waals surface area contributed by atoms with Gasteiger partial charge in [0.15, 0.2) is 6.29 Å². The van der Waals surface area contributed by atoms with E-state index in [2.05, 4.69) is 4.74 Å². The number of esters is 1. The Kier molecular flexibility index (Phi) is 4.10. The number of carbonyl (C=O) groups is 2. The molecular formula is C7H11NO3. The van der Waals surface area contributed by atoms with Crippen LogP contribution in [0, 0.1) is 11.3 Å². The van der Waals surface area contributed by atoms with Gasteiger partial charge >= 0.3 is 5.97 Å². The molecule has 1 N–H and O–H groups in total. The standard InChI is InChI=1S/C7H11NO3/c1-3-11-7(10)5(2)6(8)4-9/h4-5,8H,3H2,1-2H3. The highest BCUT2D eigenvalue weighted by Gasteiger charge is 2.17. The van der Waals surface area contributed by atoms with Crippen LogP contribution < -0.4 is 0 Å². The molecule has 4 nitrogen and oxygen atoms in total. The second-order valence-corrected chi connectivity index (χ2v) is 2.05. The van der Waals surface area contributed by atoms with Gasteiger partial charge < -0.3 is 10.1 Å². The number of nitrogens with one attached hydrogen (secondary N) is 1. The molecule has 0 saturated heterocycles. The molecule has 0 rings (SSSR count). The van der Waals surface area contributed by atoms with E-state index in [4.69, 9.17) is 5.41 Å². The van der Waals surface area contributed by atoms with Gasteiger partial charge in [-0.05, 0) is 13.8 Å². The predicted octanol–water partition coefficient (Wildman–Crippen LogP) is 0.404. The third-order valence-corrected chi connectivity index (χ3v) is 1.23. The van der Waals surface area contributed by atoms with Gasteiger partial charge in [-0.3, -0.25) is 9.59 Å². The molecule has 0 saturated carbocycles. The normalized spacial score (nSPS) is 11.8. The maximum Gasteiger partial charge on any atom is 0.314 e. The van der Waals surface area contributed by atoms with Gasteiger partial charge in [-0.25, -0.2) is 0 Å². The van der Waals surface area contributed by atoms with E-state index in [-0.39, 0.29) is 12.3 Å². The summed E-state index contributed by atoms with van der Waals surface area (Å²) in [5.41, 5.74) is -0.247. The number of aldehydes is 1. The quantitative estimate of drug-likeness (QED) is 0.365. The van der Waals surface area contributed by atoms with E-state index >= 15 is 0 Å². The zero-order valence-corrected chi connectivity index (χ0v) is 6.59. The summed E-state index contributed by atoms with van der Waals surface area (Å²) in [6, 6.07) is 0. The Balaban J connectivity index is 4.01. The largest absolute Gasteiger partial charge is 0.465 e. The van der Waals surface area contributed by atoms with E-state index in [1.54, 1.807) is 6.92 Å². The average molecular weight is 157 g/mol. The lowest BCUT2D eigenvalue weighted by Gasteiger charge is -2.06. The predicted molar refractivity (Wildman–Crippen MR) is 39.6 cm³/mol. The van der Waals surface area contributed by atoms with Crippen molar-refractivity contribution in [3.63, 3.8) is 0 Å². The fourth-order valence-electron chi connectivity index (χ4n) is 0.496. The molecule has 4 heteroatoms. The van der Waals surface area contributed by atoms with Crippen molar-refractivity contribution in [1.82, 2.24) is 0 Å². The Morgan fingerprint density at radius 2 is 2.27 bits per heavy atom. The zero-order valence-electron chi connectivity index (χ0n) is 6.59. The summed E-state index contributed by atoms with van der Waals surface area (Å²) in [4.78, 5) is 20.8. The molecule has 62 valence electrons. The van der Waals surface area contributed by atoms with Crippen LogP contribution >= 0.6 is 0 Å². The van der Waals surface area contributed by atoms with Crippen LogP contribution in [0.15, 0.2) is 0 Å². The molecule has 0 amide bonds. The molecule has 0 aliphatic heterocycles. The monoisotopic (exact) mass is 157 g/mol. The van der Waals surface area contributed by atoms with E-state index in [9.17, 15) is 9.59 Å². The molecule has 0 aliphatic rings. The number of rotatable bonds is 4. The molecule has 0 bridgehead atoms. The fourth-order valence-corrected chi connectivity index (χ4v) is 0.496. The Bertz CT molecular complexity index is 177. The first-order chi connectivity index (χ1) is 5.13. The van der Waals surface area contributed by atoms with Crippen LogP contribution in [0.25, 0.3) is 0 Å². The topological polar surface area (TPSA) is 67.2 Å². The number of hydrogen-bond donors (Lipinski definition) is 1. The lowest BCUT2D eigenvalue weighted by atomic mass is 10.1. The SMILES string of the molecule is CCOC(=O)C(C)C(=N)C=O. The zero-order chi connectivity index (χ0) is 8.85. The first-order valence-electron chi connectivity index (χ1n) is 3.33. The van der Waals surface area contributed by atoms with Crippen LogP contribution in [0.1, 0.15) is 13.8 Å². The van der Waals surface area contributed by atoms with Gasteiger partial charge in [-0.2, -0.15) is 0 Å². The molecule has 11 heavy (non-hydrogen) atoms. The van der Waals surface area contributed by atoms with Gasteiger partial charge in [-0.1, -0.05) is 0 Å². The second kappa shape index (κ2) is 4.60. The third kappa shape index (κ3) is 2.93. The van der Waals surface area contributed by atoms with Gasteiger partial charge in [0.05, 0.1) is 18.2 Å². The van der Waals surface area contributed by atoms with Gasteiger partial charge in [0.2, 0.25) is 0 Å². The van der Waals surface area contributed by atoms with Gasteiger partial charge in [0.25, 0.3) is 0 Å². The molecule has 0 aliphatic carbocycles. The number of carbonyl (C=O) groups excluding carboxylic acids is 2. The van der Waals surface area contributed by atoms with Crippen molar-refractivity contribution in [1.29, 1.82) is 5.41 Å². The summed E-state index contributed by atoms with van der Waals surface area (Å²) in [6.45, 7) is 3.42. The minimum absolute atomic E-state index is 0.247. The Hall–Kier alpha value is -1.19. The smallest absolute Gasteiger partial charge is 0.314 e.